The number of hydrogen-bond acceptors (Lipinski definition) is 1. The van der Waals surface area contributed by atoms with Crippen molar-refractivity contribution in [1.29, 1.82) is 0 Å². The van der Waals surface area contributed by atoms with Crippen LogP contribution in [0.2, 0.25) is 0 Å². The molecular weight excluding hydrogens is 110 g/mol. The average molecular weight is 127 g/mol. The molecule has 0 saturated heterocycles. The fourth-order valence-corrected chi connectivity index (χ4v) is 0.857. The first-order chi connectivity index (χ1) is 4.02. The zero-order chi connectivity index (χ0) is 7.49. The normalized spacial score (nSPS) is 14.1. The monoisotopic (exact) mass is 127 g/mol. The molecule has 0 spiro atoms. The number of hydrogen-bond donors (Lipinski definition) is 1. The molecule has 0 amide bonds. The lowest BCUT2D eigenvalue weighted by atomic mass is 9.86. The molecule has 2 N–H and O–H groups in total. The van der Waals surface area contributed by atoms with Gasteiger partial charge in [-0.25, -0.2) is 0 Å². The van der Waals surface area contributed by atoms with Crippen molar-refractivity contribution in [2.24, 2.45) is 11.1 Å². The second-order valence-corrected chi connectivity index (χ2v) is 3.27. The maximum Gasteiger partial charge on any atom is 0.0141 e. The Morgan fingerprint density at radius 1 is 1.44 bits per heavy atom. The standard InChI is InChI=1S/C8H17N/c1-5-7(6-9)8(2,3)4/h5H,6,9H2,1-4H3/b7-5+. The van der Waals surface area contributed by atoms with E-state index in [0.717, 1.165) is 0 Å². The molecule has 9 heavy (non-hydrogen) atoms. The van der Waals surface area contributed by atoms with Gasteiger partial charge in [-0.05, 0) is 12.3 Å². The van der Waals surface area contributed by atoms with Crippen LogP contribution in [0.15, 0.2) is 11.6 Å². The SMILES string of the molecule is C/C=C(\CN)C(C)(C)C. The van der Waals surface area contributed by atoms with Crippen LogP contribution in [0, 0.1) is 5.41 Å². The molecule has 1 heteroatoms. The minimum Gasteiger partial charge on any atom is -0.327 e. The molecule has 0 atom stereocenters. The maximum absolute atomic E-state index is 5.50. The maximum atomic E-state index is 5.50. The molecular formula is C8H17N. The van der Waals surface area contributed by atoms with E-state index in [1.165, 1.54) is 5.57 Å². The molecule has 0 unspecified atom stereocenters. The van der Waals surface area contributed by atoms with E-state index < -0.39 is 0 Å². The molecule has 0 aliphatic heterocycles. The largest absolute Gasteiger partial charge is 0.327 e. The Morgan fingerprint density at radius 3 is 1.89 bits per heavy atom. The molecule has 0 radical (unpaired) electrons. The fraction of sp³-hybridized carbons (Fsp3) is 0.750. The number of allylic oxidation sites excluding steroid dienone is 1. The van der Waals surface area contributed by atoms with Gasteiger partial charge in [-0.15, -0.1) is 0 Å². The van der Waals surface area contributed by atoms with Crippen LogP contribution in [-0.2, 0) is 0 Å². The molecule has 0 aromatic heterocycles. The summed E-state index contributed by atoms with van der Waals surface area (Å²) in [6.45, 7) is 9.24. The topological polar surface area (TPSA) is 26.0 Å². The molecule has 1 nitrogen and oxygen atoms in total. The van der Waals surface area contributed by atoms with Gasteiger partial charge < -0.3 is 5.73 Å². The lowest BCUT2D eigenvalue weighted by Crippen LogP contribution is -2.17. The summed E-state index contributed by atoms with van der Waals surface area (Å²) < 4.78 is 0. The van der Waals surface area contributed by atoms with Crippen molar-refractivity contribution >= 4 is 0 Å². The molecule has 0 aliphatic rings. The third-order valence-electron chi connectivity index (χ3n) is 1.53. The molecule has 0 aliphatic carbocycles. The van der Waals surface area contributed by atoms with Gasteiger partial charge >= 0.3 is 0 Å². The van der Waals surface area contributed by atoms with E-state index in [0.29, 0.717) is 6.54 Å². The van der Waals surface area contributed by atoms with E-state index in [1.807, 2.05) is 6.92 Å². The zero-order valence-corrected chi connectivity index (χ0v) is 6.86. The molecule has 0 aromatic rings. The summed E-state index contributed by atoms with van der Waals surface area (Å²) in [6, 6.07) is 0. The summed E-state index contributed by atoms with van der Waals surface area (Å²) in [5.74, 6) is 0. The van der Waals surface area contributed by atoms with Crippen LogP contribution in [0.1, 0.15) is 27.7 Å². The Bertz CT molecular complexity index is 106. The smallest absolute Gasteiger partial charge is 0.0141 e. The van der Waals surface area contributed by atoms with Crippen molar-refractivity contribution in [2.75, 3.05) is 6.54 Å². The molecule has 0 bridgehead atoms. The minimum atomic E-state index is 0.253. The van der Waals surface area contributed by atoms with E-state index in [2.05, 4.69) is 26.8 Å². The van der Waals surface area contributed by atoms with Gasteiger partial charge in [-0.3, -0.25) is 0 Å². The Morgan fingerprint density at radius 2 is 1.89 bits per heavy atom. The quantitative estimate of drug-likeness (QED) is 0.535. The van der Waals surface area contributed by atoms with Crippen LogP contribution in [0.5, 0.6) is 0 Å². The summed E-state index contributed by atoms with van der Waals surface area (Å²) in [5.41, 5.74) is 7.08. The third kappa shape index (κ3) is 2.66. The van der Waals surface area contributed by atoms with Gasteiger partial charge in [-0.2, -0.15) is 0 Å². The first kappa shape index (κ1) is 8.70. The van der Waals surface area contributed by atoms with Gasteiger partial charge in [0.2, 0.25) is 0 Å². The zero-order valence-electron chi connectivity index (χ0n) is 6.86. The van der Waals surface area contributed by atoms with Crippen LogP contribution in [0.4, 0.5) is 0 Å². The highest BCUT2D eigenvalue weighted by atomic mass is 14.5. The highest BCUT2D eigenvalue weighted by molar-refractivity contribution is 5.10. The fourth-order valence-electron chi connectivity index (χ4n) is 0.857. The van der Waals surface area contributed by atoms with Crippen LogP contribution in [0.25, 0.3) is 0 Å². The van der Waals surface area contributed by atoms with Crippen molar-refractivity contribution in [3.05, 3.63) is 11.6 Å². The number of rotatable bonds is 1. The van der Waals surface area contributed by atoms with Crippen LogP contribution < -0.4 is 5.73 Å². The van der Waals surface area contributed by atoms with Crippen molar-refractivity contribution in [2.45, 2.75) is 27.7 Å². The Kier molecular flexibility index (Phi) is 2.92. The van der Waals surface area contributed by atoms with Gasteiger partial charge in [0.05, 0.1) is 0 Å². The van der Waals surface area contributed by atoms with Crippen LogP contribution >= 0.6 is 0 Å². The van der Waals surface area contributed by atoms with E-state index in [9.17, 15) is 0 Å². The molecule has 0 saturated carbocycles. The van der Waals surface area contributed by atoms with Gasteiger partial charge in [0.1, 0.15) is 0 Å². The average Bonchev–Trinajstić information content (AvgIpc) is 1.65. The van der Waals surface area contributed by atoms with Gasteiger partial charge in [0, 0.05) is 6.54 Å². The van der Waals surface area contributed by atoms with Crippen LogP contribution in [-0.4, -0.2) is 6.54 Å². The van der Waals surface area contributed by atoms with E-state index in [4.69, 9.17) is 5.73 Å². The highest BCUT2D eigenvalue weighted by Gasteiger charge is 2.13. The Hall–Kier alpha value is -0.300. The summed E-state index contributed by atoms with van der Waals surface area (Å²) in [7, 11) is 0. The predicted octanol–water partition coefficient (Wildman–Crippen LogP) is 1.94. The van der Waals surface area contributed by atoms with Gasteiger partial charge in [0.15, 0.2) is 0 Å². The summed E-state index contributed by atoms with van der Waals surface area (Å²) in [4.78, 5) is 0. The van der Waals surface area contributed by atoms with Crippen molar-refractivity contribution in [1.82, 2.24) is 0 Å². The third-order valence-corrected chi connectivity index (χ3v) is 1.53. The lowest BCUT2D eigenvalue weighted by molar-refractivity contribution is 0.494. The Balaban J connectivity index is 4.14. The molecule has 0 rings (SSSR count). The predicted molar refractivity (Wildman–Crippen MR) is 42.3 cm³/mol. The second-order valence-electron chi connectivity index (χ2n) is 3.27. The number of nitrogens with two attached hydrogens (primary N) is 1. The second kappa shape index (κ2) is 3.02. The Labute approximate surface area is 57.9 Å². The summed E-state index contributed by atoms with van der Waals surface area (Å²) in [5, 5.41) is 0. The van der Waals surface area contributed by atoms with Crippen LogP contribution in [0.3, 0.4) is 0 Å². The lowest BCUT2D eigenvalue weighted by Gasteiger charge is -2.21. The first-order valence-corrected chi connectivity index (χ1v) is 3.38. The molecule has 0 aromatic carbocycles. The van der Waals surface area contributed by atoms with Gasteiger partial charge in [-0.1, -0.05) is 32.4 Å². The van der Waals surface area contributed by atoms with E-state index in [1.54, 1.807) is 0 Å². The summed E-state index contributed by atoms with van der Waals surface area (Å²) in [6.07, 6.45) is 2.10. The molecule has 0 fully saturated rings. The highest BCUT2D eigenvalue weighted by Crippen LogP contribution is 2.23. The summed E-state index contributed by atoms with van der Waals surface area (Å²) >= 11 is 0. The van der Waals surface area contributed by atoms with E-state index in [-0.39, 0.29) is 5.41 Å². The van der Waals surface area contributed by atoms with Crippen molar-refractivity contribution in [3.8, 4) is 0 Å². The van der Waals surface area contributed by atoms with E-state index >= 15 is 0 Å². The minimum absolute atomic E-state index is 0.253. The van der Waals surface area contributed by atoms with Crippen molar-refractivity contribution in [3.63, 3.8) is 0 Å². The molecule has 54 valence electrons. The van der Waals surface area contributed by atoms with Gasteiger partial charge in [0.25, 0.3) is 0 Å². The molecule has 0 heterocycles. The van der Waals surface area contributed by atoms with Crippen molar-refractivity contribution < 1.29 is 0 Å². The first-order valence-electron chi connectivity index (χ1n) is 3.38.